The number of nitrogens with zero attached hydrogens (tertiary/aromatic N) is 1. The van der Waals surface area contributed by atoms with Crippen molar-refractivity contribution in [3.8, 4) is 0 Å². The van der Waals surface area contributed by atoms with Crippen LogP contribution in [0, 0.1) is 17.0 Å². The summed E-state index contributed by atoms with van der Waals surface area (Å²) in [7, 11) is 1.74. The van der Waals surface area contributed by atoms with Gasteiger partial charge in [-0.05, 0) is 25.1 Å². The predicted octanol–water partition coefficient (Wildman–Crippen LogP) is 3.62. The zero-order valence-corrected chi connectivity index (χ0v) is 11.6. The zero-order valence-electron chi connectivity index (χ0n) is 10.8. The molecule has 0 spiro atoms. The van der Waals surface area contributed by atoms with Gasteiger partial charge in [0.1, 0.15) is 0 Å². The van der Waals surface area contributed by atoms with Gasteiger partial charge in [-0.2, -0.15) is 0 Å². The Morgan fingerprint density at radius 3 is 2.58 bits per heavy atom. The predicted molar refractivity (Wildman–Crippen MR) is 79.0 cm³/mol. The molecule has 1 aromatic heterocycles. The number of nitrogens with one attached hydrogen (secondary N) is 2. The first-order chi connectivity index (χ1) is 9.08. The molecule has 0 radical (unpaired) electrons. The third-order valence-corrected chi connectivity index (χ3v) is 3.68. The molecule has 0 saturated carbocycles. The average Bonchev–Trinajstić information content (AvgIpc) is 2.81. The number of rotatable bonds is 5. The van der Waals surface area contributed by atoms with Crippen molar-refractivity contribution in [2.45, 2.75) is 13.5 Å². The molecular formula is C13H15N3O2S. The molecule has 1 heterocycles. The van der Waals surface area contributed by atoms with Crippen molar-refractivity contribution >= 4 is 28.4 Å². The maximum atomic E-state index is 10.9. The molecular weight excluding hydrogens is 262 g/mol. The minimum Gasteiger partial charge on any atom is -0.388 e. The van der Waals surface area contributed by atoms with Gasteiger partial charge in [0, 0.05) is 46.9 Å². The lowest BCUT2D eigenvalue weighted by molar-refractivity contribution is -0.384. The highest BCUT2D eigenvalue weighted by Crippen LogP contribution is 2.25. The number of hydrogen-bond acceptors (Lipinski definition) is 5. The second-order valence-corrected chi connectivity index (χ2v) is 5.51. The van der Waals surface area contributed by atoms with Crippen molar-refractivity contribution in [3.63, 3.8) is 0 Å². The highest BCUT2D eigenvalue weighted by molar-refractivity contribution is 7.11. The highest BCUT2D eigenvalue weighted by Gasteiger charge is 2.09. The lowest BCUT2D eigenvalue weighted by atomic mass is 10.2. The summed E-state index contributed by atoms with van der Waals surface area (Å²) in [5.41, 5.74) is 1.54. The third-order valence-electron chi connectivity index (χ3n) is 2.68. The van der Waals surface area contributed by atoms with E-state index in [1.165, 1.54) is 15.8 Å². The van der Waals surface area contributed by atoms with Crippen LogP contribution in [0.3, 0.4) is 0 Å². The van der Waals surface area contributed by atoms with E-state index in [-0.39, 0.29) is 10.6 Å². The lowest BCUT2D eigenvalue weighted by Crippen LogP contribution is -2.00. The topological polar surface area (TPSA) is 67.2 Å². The molecule has 0 fully saturated rings. The van der Waals surface area contributed by atoms with Gasteiger partial charge in [0.15, 0.2) is 0 Å². The molecule has 0 aliphatic carbocycles. The first-order valence-electron chi connectivity index (χ1n) is 5.85. The Balaban J connectivity index is 2.15. The Kier molecular flexibility index (Phi) is 4.01. The van der Waals surface area contributed by atoms with Gasteiger partial charge in [0.2, 0.25) is 0 Å². The molecule has 0 bridgehead atoms. The minimum atomic E-state index is -0.388. The number of hydrogen-bond donors (Lipinski definition) is 2. The Hall–Kier alpha value is -2.08. The van der Waals surface area contributed by atoms with Crippen molar-refractivity contribution in [1.82, 2.24) is 0 Å². The molecule has 2 rings (SSSR count). The second-order valence-electron chi connectivity index (χ2n) is 4.14. The second kappa shape index (κ2) is 5.71. The van der Waals surface area contributed by atoms with Crippen molar-refractivity contribution < 1.29 is 4.92 Å². The van der Waals surface area contributed by atoms with E-state index in [4.69, 9.17) is 0 Å². The van der Waals surface area contributed by atoms with E-state index in [1.807, 2.05) is 6.07 Å². The van der Waals surface area contributed by atoms with Crippen molar-refractivity contribution in [2.24, 2.45) is 0 Å². The monoisotopic (exact) mass is 277 g/mol. The highest BCUT2D eigenvalue weighted by atomic mass is 32.1. The molecule has 0 saturated heterocycles. The smallest absolute Gasteiger partial charge is 0.273 e. The zero-order chi connectivity index (χ0) is 13.8. The summed E-state index contributed by atoms with van der Waals surface area (Å²) in [5, 5.41) is 17.0. The summed E-state index contributed by atoms with van der Waals surface area (Å²) in [6.07, 6.45) is 0. The minimum absolute atomic E-state index is 0.0803. The summed E-state index contributed by atoms with van der Waals surface area (Å²) in [5.74, 6) is 0. The van der Waals surface area contributed by atoms with Crippen LogP contribution in [0.2, 0.25) is 0 Å². The Labute approximate surface area is 115 Å². The number of thiophene rings is 1. The molecule has 2 aromatic rings. The summed E-state index contributed by atoms with van der Waals surface area (Å²) in [6, 6.07) is 9.03. The first-order valence-corrected chi connectivity index (χ1v) is 6.66. The number of aryl methyl sites for hydroxylation is 1. The number of anilines is 2. The Morgan fingerprint density at radius 2 is 2.00 bits per heavy atom. The summed E-state index contributed by atoms with van der Waals surface area (Å²) in [4.78, 5) is 12.9. The lowest BCUT2D eigenvalue weighted by Gasteiger charge is -2.07. The van der Waals surface area contributed by atoms with Crippen LogP contribution in [0.1, 0.15) is 9.75 Å². The maximum absolute atomic E-state index is 10.9. The molecule has 0 amide bonds. The van der Waals surface area contributed by atoms with E-state index >= 15 is 0 Å². The first kappa shape index (κ1) is 13.4. The molecule has 0 aliphatic heterocycles. The van der Waals surface area contributed by atoms with E-state index < -0.39 is 0 Å². The van der Waals surface area contributed by atoms with E-state index in [1.54, 1.807) is 24.5 Å². The normalized spacial score (nSPS) is 10.2. The fraction of sp³-hybridized carbons (Fsp3) is 0.231. The molecule has 19 heavy (non-hydrogen) atoms. The van der Waals surface area contributed by atoms with Crippen LogP contribution >= 0.6 is 11.3 Å². The quantitative estimate of drug-likeness (QED) is 0.647. The van der Waals surface area contributed by atoms with Crippen LogP contribution in [-0.4, -0.2) is 12.0 Å². The van der Waals surface area contributed by atoms with Gasteiger partial charge >= 0.3 is 0 Å². The van der Waals surface area contributed by atoms with E-state index in [0.717, 1.165) is 11.4 Å². The van der Waals surface area contributed by atoms with Gasteiger partial charge < -0.3 is 10.6 Å². The largest absolute Gasteiger partial charge is 0.388 e. The van der Waals surface area contributed by atoms with Crippen LogP contribution in [-0.2, 0) is 6.54 Å². The molecule has 5 nitrogen and oxygen atoms in total. The third kappa shape index (κ3) is 3.45. The molecule has 100 valence electrons. The number of nitro groups is 1. The van der Waals surface area contributed by atoms with Crippen LogP contribution in [0.5, 0.6) is 0 Å². The molecule has 2 N–H and O–H groups in total. The molecule has 0 atom stereocenters. The van der Waals surface area contributed by atoms with Gasteiger partial charge in [0.05, 0.1) is 4.92 Å². The van der Waals surface area contributed by atoms with E-state index in [9.17, 15) is 10.1 Å². The van der Waals surface area contributed by atoms with Crippen LogP contribution in [0.4, 0.5) is 17.1 Å². The summed E-state index contributed by atoms with van der Waals surface area (Å²) >= 11 is 1.72. The molecule has 0 unspecified atom stereocenters. The molecule has 6 heteroatoms. The Morgan fingerprint density at radius 1 is 1.26 bits per heavy atom. The van der Waals surface area contributed by atoms with Gasteiger partial charge in [-0.15, -0.1) is 11.3 Å². The van der Waals surface area contributed by atoms with Crippen molar-refractivity contribution in [1.29, 1.82) is 0 Å². The van der Waals surface area contributed by atoms with Gasteiger partial charge in [-0.25, -0.2) is 0 Å². The number of benzene rings is 1. The fourth-order valence-electron chi connectivity index (χ4n) is 1.73. The van der Waals surface area contributed by atoms with Crippen LogP contribution < -0.4 is 10.6 Å². The van der Waals surface area contributed by atoms with Crippen molar-refractivity contribution in [2.75, 3.05) is 17.7 Å². The maximum Gasteiger partial charge on any atom is 0.273 e. The van der Waals surface area contributed by atoms with E-state index in [0.29, 0.717) is 6.54 Å². The summed E-state index contributed by atoms with van der Waals surface area (Å²) < 4.78 is 0. The van der Waals surface area contributed by atoms with Gasteiger partial charge in [-0.1, -0.05) is 0 Å². The fourth-order valence-corrected chi connectivity index (χ4v) is 2.56. The van der Waals surface area contributed by atoms with Crippen LogP contribution in [0.25, 0.3) is 0 Å². The molecule has 0 aliphatic rings. The standard InChI is InChI=1S/C13H15N3O2S/c1-9-3-4-13(19-9)8-15-11-5-10(14-2)6-12(7-11)16(17)18/h3-7,14-15H,8H2,1-2H3. The summed E-state index contributed by atoms with van der Waals surface area (Å²) in [6.45, 7) is 2.73. The molecule has 1 aromatic carbocycles. The number of nitro benzene ring substituents is 1. The SMILES string of the molecule is CNc1cc(NCc2ccc(C)s2)cc([N+](=O)[O-])c1. The Bertz CT molecular complexity index is 595. The average molecular weight is 277 g/mol. The van der Waals surface area contributed by atoms with Crippen LogP contribution in [0.15, 0.2) is 30.3 Å². The van der Waals surface area contributed by atoms with E-state index in [2.05, 4.69) is 29.7 Å². The van der Waals surface area contributed by atoms with Gasteiger partial charge in [-0.3, -0.25) is 10.1 Å². The van der Waals surface area contributed by atoms with Crippen molar-refractivity contribution in [3.05, 3.63) is 50.2 Å². The number of non-ortho nitro benzene ring substituents is 1. The van der Waals surface area contributed by atoms with Gasteiger partial charge in [0.25, 0.3) is 5.69 Å².